The molecule has 3 aliphatic heterocycles. The molecule has 4 heterocycles. The molecule has 0 aliphatic carbocycles. The van der Waals surface area contributed by atoms with Crippen LogP contribution in [-0.2, 0) is 24.7 Å². The summed E-state index contributed by atoms with van der Waals surface area (Å²) in [7, 11) is -3.69. The number of fused-ring (bicyclic) bond motifs is 2. The van der Waals surface area contributed by atoms with Crippen LogP contribution in [0.4, 0.5) is 0 Å². The molecule has 3 saturated heterocycles. The van der Waals surface area contributed by atoms with Gasteiger partial charge in [0.1, 0.15) is 0 Å². The van der Waals surface area contributed by atoms with E-state index in [4.69, 9.17) is 9.31 Å². The van der Waals surface area contributed by atoms with E-state index in [1.807, 2.05) is 33.8 Å². The average Bonchev–Trinajstić information content (AvgIpc) is 2.77. The van der Waals surface area contributed by atoms with Crippen molar-refractivity contribution in [3.05, 3.63) is 24.0 Å². The third-order valence-corrected chi connectivity index (χ3v) is 9.60. The Kier molecular flexibility index (Phi) is 4.32. The smallest absolute Gasteiger partial charge is 0.399 e. The summed E-state index contributed by atoms with van der Waals surface area (Å²) in [5.74, 6) is 0. The fourth-order valence-corrected chi connectivity index (χ4v) is 7.05. The third-order valence-electron chi connectivity index (χ3n) is 6.93. The van der Waals surface area contributed by atoms with Gasteiger partial charge in [-0.25, -0.2) is 8.42 Å². The molecule has 0 amide bonds. The quantitative estimate of drug-likeness (QED) is 0.770. The van der Waals surface area contributed by atoms with Gasteiger partial charge in [-0.15, -0.1) is 0 Å². The predicted molar refractivity (Wildman–Crippen MR) is 103 cm³/mol. The SMILES string of the molecule is CC1(C)OB(c2cncc(C3(O)CC4CCCC(C3)S4(=O)=O)c2)OC1(C)C. The zero-order valence-electron chi connectivity index (χ0n) is 16.4. The van der Waals surface area contributed by atoms with Crippen molar-refractivity contribution in [1.29, 1.82) is 0 Å². The number of aliphatic hydroxyl groups is 1. The molecule has 148 valence electrons. The minimum absolute atomic E-state index is 0.236. The van der Waals surface area contributed by atoms with Crippen LogP contribution >= 0.6 is 0 Å². The first kappa shape index (κ1) is 19.4. The molecule has 8 heteroatoms. The fourth-order valence-electron chi connectivity index (χ4n) is 4.50. The standard InChI is InChI=1S/C19H28BNO5S/c1-17(2)18(3,4)26-20(25-17)14-8-13(11-21-12-14)19(22)9-15-6-5-7-16(10-19)27(15,23)24/h8,11-12,15-16,22H,5-7,9-10H2,1-4H3. The highest BCUT2D eigenvalue weighted by Gasteiger charge is 2.53. The van der Waals surface area contributed by atoms with E-state index in [0.717, 1.165) is 11.9 Å². The highest BCUT2D eigenvalue weighted by atomic mass is 32.2. The van der Waals surface area contributed by atoms with Crippen molar-refractivity contribution in [2.24, 2.45) is 0 Å². The second-order valence-corrected chi connectivity index (χ2v) is 11.8. The Morgan fingerprint density at radius 3 is 2.19 bits per heavy atom. The van der Waals surface area contributed by atoms with Crippen LogP contribution in [0, 0.1) is 0 Å². The lowest BCUT2D eigenvalue weighted by atomic mass is 9.75. The molecule has 0 saturated carbocycles. The van der Waals surface area contributed by atoms with Crippen molar-refractivity contribution >= 4 is 22.4 Å². The van der Waals surface area contributed by atoms with Crippen LogP contribution < -0.4 is 5.46 Å². The summed E-state index contributed by atoms with van der Waals surface area (Å²) in [6.07, 6.45) is 5.98. The predicted octanol–water partition coefficient (Wildman–Crippen LogP) is 1.70. The van der Waals surface area contributed by atoms with Gasteiger partial charge in [0.05, 0.1) is 27.3 Å². The van der Waals surface area contributed by atoms with Gasteiger partial charge in [0.25, 0.3) is 0 Å². The number of sulfone groups is 1. The lowest BCUT2D eigenvalue weighted by Gasteiger charge is -2.44. The Labute approximate surface area is 161 Å². The van der Waals surface area contributed by atoms with Crippen molar-refractivity contribution in [3.8, 4) is 0 Å². The van der Waals surface area contributed by atoms with E-state index < -0.39 is 44.3 Å². The lowest BCUT2D eigenvalue weighted by Crippen LogP contribution is -2.50. The largest absolute Gasteiger partial charge is 0.496 e. The summed E-state index contributed by atoms with van der Waals surface area (Å²) < 4.78 is 37.3. The van der Waals surface area contributed by atoms with Crippen molar-refractivity contribution in [2.45, 2.75) is 87.1 Å². The highest BCUT2D eigenvalue weighted by molar-refractivity contribution is 7.92. The van der Waals surface area contributed by atoms with E-state index >= 15 is 0 Å². The number of aromatic nitrogens is 1. The molecular weight excluding hydrogens is 365 g/mol. The summed E-state index contributed by atoms with van der Waals surface area (Å²) in [4.78, 5) is 4.31. The molecule has 1 aromatic rings. The zero-order chi connectivity index (χ0) is 19.7. The van der Waals surface area contributed by atoms with E-state index in [1.54, 1.807) is 12.4 Å². The average molecular weight is 393 g/mol. The Morgan fingerprint density at radius 2 is 1.63 bits per heavy atom. The molecule has 0 aromatic carbocycles. The van der Waals surface area contributed by atoms with Gasteiger partial charge >= 0.3 is 7.12 Å². The normalized spacial score (nSPS) is 36.6. The number of nitrogens with zero attached hydrogens (tertiary/aromatic N) is 1. The Balaban J connectivity index is 1.64. The van der Waals surface area contributed by atoms with Crippen LogP contribution in [-0.4, -0.2) is 47.3 Å². The molecule has 3 fully saturated rings. The molecule has 1 N–H and O–H groups in total. The molecule has 6 nitrogen and oxygen atoms in total. The minimum atomic E-state index is -3.13. The lowest BCUT2D eigenvalue weighted by molar-refractivity contribution is 0.00477. The highest BCUT2D eigenvalue weighted by Crippen LogP contribution is 2.46. The summed E-state index contributed by atoms with van der Waals surface area (Å²) in [6.45, 7) is 7.96. The molecule has 0 spiro atoms. The summed E-state index contributed by atoms with van der Waals surface area (Å²) in [5.41, 5.74) is -0.686. The van der Waals surface area contributed by atoms with E-state index in [2.05, 4.69) is 4.98 Å². The molecule has 3 aliphatic rings. The third kappa shape index (κ3) is 3.05. The maximum absolute atomic E-state index is 12.6. The molecule has 2 atom stereocenters. The molecule has 0 radical (unpaired) electrons. The molecule has 2 unspecified atom stereocenters. The maximum Gasteiger partial charge on any atom is 0.496 e. The number of hydrogen-bond acceptors (Lipinski definition) is 6. The second kappa shape index (κ2) is 6.02. The van der Waals surface area contributed by atoms with Crippen LogP contribution in [0.25, 0.3) is 0 Å². The fraction of sp³-hybridized carbons (Fsp3) is 0.737. The first-order valence-corrected chi connectivity index (χ1v) is 11.3. The number of rotatable bonds is 2. The monoisotopic (exact) mass is 393 g/mol. The molecule has 2 bridgehead atoms. The van der Waals surface area contributed by atoms with Gasteiger partial charge in [0.2, 0.25) is 0 Å². The van der Waals surface area contributed by atoms with Crippen molar-refractivity contribution in [2.75, 3.05) is 0 Å². The van der Waals surface area contributed by atoms with Crippen LogP contribution in [0.5, 0.6) is 0 Å². The maximum atomic E-state index is 12.6. The van der Waals surface area contributed by atoms with Gasteiger partial charge in [-0.2, -0.15) is 0 Å². The Bertz CT molecular complexity index is 817. The molecule has 1 aromatic heterocycles. The number of hydrogen-bond donors (Lipinski definition) is 1. The van der Waals surface area contributed by atoms with Crippen LogP contribution in [0.15, 0.2) is 18.5 Å². The summed E-state index contributed by atoms with van der Waals surface area (Å²) in [5, 5.41) is 10.4. The second-order valence-electron chi connectivity index (χ2n) is 9.30. The van der Waals surface area contributed by atoms with Crippen molar-refractivity contribution < 1.29 is 22.8 Å². The van der Waals surface area contributed by atoms with Gasteiger partial charge < -0.3 is 14.4 Å². The van der Waals surface area contributed by atoms with Crippen LogP contribution in [0.3, 0.4) is 0 Å². The van der Waals surface area contributed by atoms with Gasteiger partial charge in [0.15, 0.2) is 9.84 Å². The molecular formula is C19H28BNO5S. The Morgan fingerprint density at radius 1 is 1.07 bits per heavy atom. The topological polar surface area (TPSA) is 85.7 Å². The molecule has 4 rings (SSSR count). The Hall–Kier alpha value is -0.955. The van der Waals surface area contributed by atoms with E-state index in [-0.39, 0.29) is 12.8 Å². The first-order valence-electron chi connectivity index (χ1n) is 9.71. The number of pyridine rings is 1. The van der Waals surface area contributed by atoms with E-state index in [0.29, 0.717) is 18.4 Å². The first-order chi connectivity index (χ1) is 12.4. The summed E-state index contributed by atoms with van der Waals surface area (Å²) in [6, 6.07) is 1.86. The van der Waals surface area contributed by atoms with Gasteiger partial charge in [-0.1, -0.05) is 12.5 Å². The van der Waals surface area contributed by atoms with Gasteiger partial charge in [-0.3, -0.25) is 4.98 Å². The minimum Gasteiger partial charge on any atom is -0.399 e. The zero-order valence-corrected chi connectivity index (χ0v) is 17.3. The van der Waals surface area contributed by atoms with Crippen molar-refractivity contribution in [1.82, 2.24) is 4.98 Å². The van der Waals surface area contributed by atoms with Gasteiger partial charge in [0, 0.05) is 23.4 Å². The summed E-state index contributed by atoms with van der Waals surface area (Å²) >= 11 is 0. The van der Waals surface area contributed by atoms with E-state index in [1.165, 1.54) is 0 Å². The van der Waals surface area contributed by atoms with Gasteiger partial charge in [-0.05, 0) is 53.4 Å². The van der Waals surface area contributed by atoms with Crippen LogP contribution in [0.2, 0.25) is 0 Å². The molecule has 27 heavy (non-hydrogen) atoms. The van der Waals surface area contributed by atoms with E-state index in [9.17, 15) is 13.5 Å². The van der Waals surface area contributed by atoms with Crippen molar-refractivity contribution in [3.63, 3.8) is 0 Å². The van der Waals surface area contributed by atoms with Crippen LogP contribution in [0.1, 0.15) is 65.4 Å².